The number of benzene rings is 1. The van der Waals surface area contributed by atoms with Crippen LogP contribution in [0.2, 0.25) is 0 Å². The number of piperazine rings is 1. The molecule has 1 saturated carbocycles. The quantitative estimate of drug-likeness (QED) is 0.589. The van der Waals surface area contributed by atoms with Crippen molar-refractivity contribution in [2.45, 2.75) is 31.8 Å². The van der Waals surface area contributed by atoms with Gasteiger partial charge >= 0.3 is 0 Å². The molecule has 2 aromatic heterocycles. The Kier molecular flexibility index (Phi) is 6.12. The molecular formula is C26H30N6O2. The van der Waals surface area contributed by atoms with Crippen LogP contribution in [0, 0.1) is 12.3 Å². The molecule has 3 aromatic rings. The molecule has 3 heterocycles. The molecule has 1 N–H and O–H groups in total. The van der Waals surface area contributed by atoms with Crippen molar-refractivity contribution in [2.75, 3.05) is 43.4 Å². The second-order valence-electron chi connectivity index (χ2n) is 9.15. The maximum atomic E-state index is 12.3. The van der Waals surface area contributed by atoms with Crippen LogP contribution in [-0.2, 0) is 7.05 Å². The van der Waals surface area contributed by atoms with Crippen molar-refractivity contribution in [3.63, 3.8) is 0 Å². The van der Waals surface area contributed by atoms with Crippen LogP contribution in [0.25, 0.3) is 11.0 Å². The van der Waals surface area contributed by atoms with E-state index in [1.54, 1.807) is 13.2 Å². The number of anilines is 3. The zero-order chi connectivity index (χ0) is 23.7. The summed E-state index contributed by atoms with van der Waals surface area (Å²) in [6, 6.07) is 7.61. The van der Waals surface area contributed by atoms with Crippen LogP contribution in [-0.4, -0.2) is 58.8 Å². The zero-order valence-electron chi connectivity index (χ0n) is 19.8. The van der Waals surface area contributed by atoms with E-state index >= 15 is 0 Å². The van der Waals surface area contributed by atoms with E-state index in [4.69, 9.17) is 11.2 Å². The molecule has 1 aliphatic heterocycles. The molecule has 2 aliphatic rings. The summed E-state index contributed by atoms with van der Waals surface area (Å²) >= 11 is 0. The molecular weight excluding hydrogens is 428 g/mol. The van der Waals surface area contributed by atoms with E-state index in [0.29, 0.717) is 22.5 Å². The smallest absolute Gasteiger partial charge is 0.253 e. The molecule has 0 amide bonds. The van der Waals surface area contributed by atoms with Gasteiger partial charge in [0.1, 0.15) is 11.4 Å². The maximum Gasteiger partial charge on any atom is 0.253 e. The molecule has 1 saturated heterocycles. The number of pyridine rings is 1. The fourth-order valence-corrected chi connectivity index (χ4v) is 4.71. The Bertz CT molecular complexity index is 1300. The van der Waals surface area contributed by atoms with E-state index in [-0.39, 0.29) is 11.7 Å². The highest BCUT2D eigenvalue weighted by Crippen LogP contribution is 2.36. The molecule has 8 heteroatoms. The average molecular weight is 459 g/mol. The first kappa shape index (κ1) is 22.2. The van der Waals surface area contributed by atoms with E-state index in [1.807, 2.05) is 12.1 Å². The summed E-state index contributed by atoms with van der Waals surface area (Å²) in [5.41, 5.74) is 2.76. The number of hydrogen-bond acceptors (Lipinski definition) is 7. The molecule has 0 bridgehead atoms. The number of likely N-dealkylation sites (N-methyl/N-ethyl adjacent to an activating group) is 1. The highest BCUT2D eigenvalue weighted by atomic mass is 16.5. The molecule has 34 heavy (non-hydrogen) atoms. The van der Waals surface area contributed by atoms with Gasteiger partial charge in [-0.2, -0.15) is 4.98 Å². The van der Waals surface area contributed by atoms with Gasteiger partial charge in [0, 0.05) is 62.8 Å². The van der Waals surface area contributed by atoms with E-state index in [2.05, 4.69) is 44.1 Å². The van der Waals surface area contributed by atoms with Crippen molar-refractivity contribution in [3.05, 3.63) is 46.4 Å². The molecule has 1 aromatic carbocycles. The second kappa shape index (κ2) is 9.35. The van der Waals surface area contributed by atoms with Crippen LogP contribution in [0.5, 0.6) is 5.75 Å². The second-order valence-corrected chi connectivity index (χ2v) is 9.15. The first-order valence-corrected chi connectivity index (χ1v) is 11.9. The van der Waals surface area contributed by atoms with Gasteiger partial charge in [0.25, 0.3) is 5.56 Å². The zero-order valence-corrected chi connectivity index (χ0v) is 19.8. The standard InChI is InChI=1S/C26H30N6O2/c1-4-18-15-24(33)31(3)25-21(18)17-27-26(29-25)28-19-9-10-22(32-13-11-30(2)12-14-32)23(16-19)34-20-7-5-6-8-20/h1,9-10,15-17,20H,5-8,11-14H2,2-3H3,(H,27,28,29). The van der Waals surface area contributed by atoms with Crippen molar-refractivity contribution >= 4 is 28.4 Å². The van der Waals surface area contributed by atoms with Gasteiger partial charge in [0.15, 0.2) is 0 Å². The summed E-state index contributed by atoms with van der Waals surface area (Å²) in [4.78, 5) is 26.0. The number of terminal acetylenes is 1. The molecule has 0 atom stereocenters. The lowest BCUT2D eigenvalue weighted by molar-refractivity contribution is 0.210. The van der Waals surface area contributed by atoms with E-state index in [9.17, 15) is 4.79 Å². The van der Waals surface area contributed by atoms with Crippen LogP contribution in [0.3, 0.4) is 0 Å². The number of fused-ring (bicyclic) bond motifs is 1. The number of aromatic nitrogens is 3. The highest BCUT2D eigenvalue weighted by Gasteiger charge is 2.22. The lowest BCUT2D eigenvalue weighted by Gasteiger charge is -2.35. The minimum absolute atomic E-state index is 0.200. The van der Waals surface area contributed by atoms with E-state index in [0.717, 1.165) is 56.1 Å². The minimum Gasteiger partial charge on any atom is -0.488 e. The predicted octanol–water partition coefficient (Wildman–Crippen LogP) is 3.13. The number of ether oxygens (including phenoxy) is 1. The molecule has 5 rings (SSSR count). The van der Waals surface area contributed by atoms with Gasteiger partial charge in [-0.3, -0.25) is 9.36 Å². The molecule has 0 unspecified atom stereocenters. The Labute approximate surface area is 199 Å². The Balaban J connectivity index is 1.46. The van der Waals surface area contributed by atoms with Crippen LogP contribution >= 0.6 is 0 Å². The summed E-state index contributed by atoms with van der Waals surface area (Å²) in [6.45, 7) is 4.02. The monoisotopic (exact) mass is 458 g/mol. The van der Waals surface area contributed by atoms with Crippen LogP contribution in [0.1, 0.15) is 31.2 Å². The summed E-state index contributed by atoms with van der Waals surface area (Å²) in [5.74, 6) is 3.84. The van der Waals surface area contributed by atoms with Crippen molar-refractivity contribution < 1.29 is 4.74 Å². The van der Waals surface area contributed by atoms with Gasteiger partial charge in [-0.05, 0) is 44.9 Å². The molecule has 8 nitrogen and oxygen atoms in total. The Morgan fingerprint density at radius 3 is 2.62 bits per heavy atom. The van der Waals surface area contributed by atoms with Crippen LogP contribution in [0.4, 0.5) is 17.3 Å². The molecule has 0 radical (unpaired) electrons. The normalized spacial score (nSPS) is 17.1. The van der Waals surface area contributed by atoms with E-state index < -0.39 is 0 Å². The highest BCUT2D eigenvalue weighted by molar-refractivity contribution is 5.82. The lowest BCUT2D eigenvalue weighted by atomic mass is 10.2. The fourth-order valence-electron chi connectivity index (χ4n) is 4.71. The SMILES string of the molecule is C#Cc1cc(=O)n(C)c2nc(Nc3ccc(N4CCN(C)CC4)c(OC4CCCC4)c3)ncc12. The molecule has 0 spiro atoms. The summed E-state index contributed by atoms with van der Waals surface area (Å²) < 4.78 is 7.98. The largest absolute Gasteiger partial charge is 0.488 e. The van der Waals surface area contributed by atoms with Gasteiger partial charge in [0.2, 0.25) is 5.95 Å². The molecule has 176 valence electrons. The minimum atomic E-state index is -0.200. The third kappa shape index (κ3) is 4.44. The Hall–Kier alpha value is -3.57. The van der Waals surface area contributed by atoms with E-state index in [1.165, 1.54) is 23.5 Å². The third-order valence-electron chi connectivity index (χ3n) is 6.79. The van der Waals surface area contributed by atoms with Crippen molar-refractivity contribution in [3.8, 4) is 18.1 Å². The fraction of sp³-hybridized carbons (Fsp3) is 0.423. The van der Waals surface area contributed by atoms with Crippen molar-refractivity contribution in [2.24, 2.45) is 7.05 Å². The first-order chi connectivity index (χ1) is 16.5. The summed E-state index contributed by atoms with van der Waals surface area (Å²) in [7, 11) is 3.84. The van der Waals surface area contributed by atoms with Gasteiger partial charge in [-0.15, -0.1) is 6.42 Å². The van der Waals surface area contributed by atoms with Crippen molar-refractivity contribution in [1.29, 1.82) is 0 Å². The Morgan fingerprint density at radius 1 is 1.12 bits per heavy atom. The molecule has 1 aliphatic carbocycles. The number of rotatable bonds is 5. The van der Waals surface area contributed by atoms with Gasteiger partial charge in [0.05, 0.1) is 17.2 Å². The van der Waals surface area contributed by atoms with Gasteiger partial charge in [-0.25, -0.2) is 4.98 Å². The topological polar surface area (TPSA) is 75.5 Å². The average Bonchev–Trinajstić information content (AvgIpc) is 3.35. The number of aryl methyl sites for hydroxylation is 1. The summed E-state index contributed by atoms with van der Waals surface area (Å²) in [5, 5.41) is 3.96. The lowest BCUT2D eigenvalue weighted by Crippen LogP contribution is -2.44. The van der Waals surface area contributed by atoms with Crippen LogP contribution in [0.15, 0.2) is 35.3 Å². The van der Waals surface area contributed by atoms with Crippen molar-refractivity contribution in [1.82, 2.24) is 19.4 Å². The number of hydrogen-bond donors (Lipinski definition) is 1. The third-order valence-corrected chi connectivity index (χ3v) is 6.79. The van der Waals surface area contributed by atoms with Gasteiger partial charge < -0.3 is 19.9 Å². The van der Waals surface area contributed by atoms with Gasteiger partial charge in [-0.1, -0.05) is 5.92 Å². The summed E-state index contributed by atoms with van der Waals surface area (Å²) in [6.07, 6.45) is 12.1. The molecule has 2 fully saturated rings. The first-order valence-electron chi connectivity index (χ1n) is 11.9. The Morgan fingerprint density at radius 2 is 1.88 bits per heavy atom. The van der Waals surface area contributed by atoms with Crippen LogP contribution < -0.4 is 20.5 Å². The number of nitrogens with zero attached hydrogens (tertiary/aromatic N) is 5. The number of nitrogens with one attached hydrogen (secondary N) is 1. The predicted molar refractivity (Wildman–Crippen MR) is 135 cm³/mol. The maximum absolute atomic E-state index is 12.3.